The van der Waals surface area contributed by atoms with Gasteiger partial charge in [-0.2, -0.15) is 0 Å². The van der Waals surface area contributed by atoms with Gasteiger partial charge in [0.05, 0.1) is 12.9 Å². The zero-order valence-corrected chi connectivity index (χ0v) is 19.4. The highest BCUT2D eigenvalue weighted by Gasteiger charge is 2.23. The van der Waals surface area contributed by atoms with Crippen LogP contribution < -0.4 is 5.32 Å². The molecule has 0 spiro atoms. The predicted molar refractivity (Wildman–Crippen MR) is 127 cm³/mol. The minimum absolute atomic E-state index is 0.0648. The number of methoxy groups -OCH3 is 1. The van der Waals surface area contributed by atoms with Gasteiger partial charge in [-0.05, 0) is 36.8 Å². The standard InChI is InChI=1S/C23H19FN4O3S2/c1-14-26-27-23(28(14)17-6-4-3-5-7-17)33-13-19(29)25-21-20(22(30)31-2)18(12-32-21)15-8-10-16(24)11-9-15/h3-12H,13H2,1-2H3,(H,25,29). The molecule has 7 nitrogen and oxygen atoms in total. The molecular weight excluding hydrogens is 463 g/mol. The van der Waals surface area contributed by atoms with Crippen LogP contribution in [0.25, 0.3) is 16.8 Å². The van der Waals surface area contributed by atoms with E-state index in [4.69, 9.17) is 4.74 Å². The van der Waals surface area contributed by atoms with Gasteiger partial charge in [-0.1, -0.05) is 42.1 Å². The molecule has 0 unspecified atom stereocenters. The number of carbonyl (C=O) groups excluding carboxylic acids is 2. The molecule has 0 fully saturated rings. The molecule has 4 rings (SSSR count). The van der Waals surface area contributed by atoms with Crippen LogP contribution in [0.4, 0.5) is 9.39 Å². The van der Waals surface area contributed by atoms with E-state index in [2.05, 4.69) is 15.5 Å². The van der Waals surface area contributed by atoms with Crippen molar-refractivity contribution in [3.05, 3.63) is 77.2 Å². The number of hydrogen-bond acceptors (Lipinski definition) is 7. The number of thiophene rings is 1. The molecule has 33 heavy (non-hydrogen) atoms. The fourth-order valence-corrected chi connectivity index (χ4v) is 4.97. The van der Waals surface area contributed by atoms with Gasteiger partial charge in [-0.3, -0.25) is 9.36 Å². The second-order valence-corrected chi connectivity index (χ2v) is 8.71. The maximum atomic E-state index is 13.3. The molecule has 2 aromatic heterocycles. The molecule has 0 saturated carbocycles. The molecule has 10 heteroatoms. The van der Waals surface area contributed by atoms with Gasteiger partial charge in [0, 0.05) is 16.6 Å². The Morgan fingerprint density at radius 3 is 2.55 bits per heavy atom. The minimum Gasteiger partial charge on any atom is -0.465 e. The maximum Gasteiger partial charge on any atom is 0.341 e. The number of carbonyl (C=O) groups is 2. The minimum atomic E-state index is -0.585. The van der Waals surface area contributed by atoms with Crippen LogP contribution in [-0.4, -0.2) is 39.5 Å². The summed E-state index contributed by atoms with van der Waals surface area (Å²) < 4.78 is 20.1. The van der Waals surface area contributed by atoms with Crippen LogP contribution in [0.5, 0.6) is 0 Å². The van der Waals surface area contributed by atoms with Gasteiger partial charge in [0.15, 0.2) is 5.16 Å². The van der Waals surface area contributed by atoms with Crippen molar-refractivity contribution in [1.82, 2.24) is 14.8 Å². The van der Waals surface area contributed by atoms with Gasteiger partial charge in [-0.15, -0.1) is 21.5 Å². The Morgan fingerprint density at radius 2 is 1.85 bits per heavy atom. The molecule has 1 N–H and O–H groups in total. The quantitative estimate of drug-likeness (QED) is 0.296. The van der Waals surface area contributed by atoms with Gasteiger partial charge in [0.1, 0.15) is 22.2 Å². The number of benzene rings is 2. The van der Waals surface area contributed by atoms with E-state index >= 15 is 0 Å². The lowest BCUT2D eigenvalue weighted by Crippen LogP contribution is -2.16. The van der Waals surface area contributed by atoms with E-state index in [1.54, 1.807) is 17.5 Å². The molecule has 0 saturated heterocycles. The molecule has 0 aliphatic heterocycles. The van der Waals surface area contributed by atoms with Crippen molar-refractivity contribution in [3.8, 4) is 16.8 Å². The monoisotopic (exact) mass is 482 g/mol. The topological polar surface area (TPSA) is 86.1 Å². The zero-order chi connectivity index (χ0) is 23.4. The van der Waals surface area contributed by atoms with Gasteiger partial charge >= 0.3 is 5.97 Å². The number of rotatable bonds is 7. The Hall–Kier alpha value is -3.50. The second-order valence-electron chi connectivity index (χ2n) is 6.89. The lowest BCUT2D eigenvalue weighted by molar-refractivity contribution is -0.113. The number of halogens is 1. The van der Waals surface area contributed by atoms with Crippen LogP contribution in [0.2, 0.25) is 0 Å². The van der Waals surface area contributed by atoms with Crippen LogP contribution in [0.3, 0.4) is 0 Å². The fourth-order valence-electron chi connectivity index (χ4n) is 3.20. The first-order valence-corrected chi connectivity index (χ1v) is 11.7. The van der Waals surface area contributed by atoms with Gasteiger partial charge in [0.25, 0.3) is 0 Å². The number of hydrogen-bond donors (Lipinski definition) is 1. The summed E-state index contributed by atoms with van der Waals surface area (Å²) in [5.74, 6) is -0.497. The number of nitrogens with one attached hydrogen (secondary N) is 1. The predicted octanol–water partition coefficient (Wildman–Crippen LogP) is 4.96. The fraction of sp³-hybridized carbons (Fsp3) is 0.130. The summed E-state index contributed by atoms with van der Waals surface area (Å²) in [4.78, 5) is 25.2. The van der Waals surface area contributed by atoms with Crippen molar-refractivity contribution in [2.45, 2.75) is 12.1 Å². The molecule has 0 bridgehead atoms. The van der Waals surface area contributed by atoms with Crippen LogP contribution in [0, 0.1) is 12.7 Å². The summed E-state index contributed by atoms with van der Waals surface area (Å²) in [6.45, 7) is 1.84. The summed E-state index contributed by atoms with van der Waals surface area (Å²) in [5.41, 5.74) is 2.34. The number of ether oxygens (including phenoxy) is 1. The third-order valence-electron chi connectivity index (χ3n) is 4.73. The number of para-hydroxylation sites is 1. The van der Waals surface area contributed by atoms with E-state index in [1.165, 1.54) is 42.3 Å². The van der Waals surface area contributed by atoms with E-state index in [0.717, 1.165) is 5.69 Å². The second kappa shape index (κ2) is 9.97. The van der Waals surface area contributed by atoms with E-state index in [1.807, 2.05) is 41.8 Å². The van der Waals surface area contributed by atoms with E-state index < -0.39 is 5.97 Å². The molecule has 4 aromatic rings. The first kappa shape index (κ1) is 22.7. The average Bonchev–Trinajstić information content (AvgIpc) is 3.41. The van der Waals surface area contributed by atoms with Crippen molar-refractivity contribution in [2.24, 2.45) is 0 Å². The molecule has 0 atom stereocenters. The van der Waals surface area contributed by atoms with Crippen molar-refractivity contribution in [3.63, 3.8) is 0 Å². The Kier molecular flexibility index (Phi) is 6.85. The number of thioether (sulfide) groups is 1. The Bertz CT molecular complexity index is 1290. The van der Waals surface area contributed by atoms with E-state index in [-0.39, 0.29) is 23.0 Å². The smallest absolute Gasteiger partial charge is 0.341 e. The van der Waals surface area contributed by atoms with Crippen molar-refractivity contribution in [2.75, 3.05) is 18.2 Å². The molecule has 1 amide bonds. The SMILES string of the molecule is COC(=O)c1c(-c2ccc(F)cc2)csc1NC(=O)CSc1nnc(C)n1-c1ccccc1. The Morgan fingerprint density at radius 1 is 1.12 bits per heavy atom. The van der Waals surface area contributed by atoms with Crippen molar-refractivity contribution in [1.29, 1.82) is 0 Å². The average molecular weight is 483 g/mol. The summed E-state index contributed by atoms with van der Waals surface area (Å²) in [6.07, 6.45) is 0. The van der Waals surface area contributed by atoms with Crippen molar-refractivity contribution < 1.29 is 18.7 Å². The van der Waals surface area contributed by atoms with E-state index in [9.17, 15) is 14.0 Å². The Labute approximate surface area is 197 Å². The molecule has 168 valence electrons. The molecule has 2 aromatic carbocycles. The number of anilines is 1. The van der Waals surface area contributed by atoms with Gasteiger partial charge < -0.3 is 10.1 Å². The first-order valence-electron chi connectivity index (χ1n) is 9.83. The molecular formula is C23H19FN4O3S2. The summed E-state index contributed by atoms with van der Waals surface area (Å²) in [5, 5.41) is 13.8. The molecule has 0 radical (unpaired) electrons. The highest BCUT2D eigenvalue weighted by molar-refractivity contribution is 7.99. The number of aromatic nitrogens is 3. The maximum absolute atomic E-state index is 13.3. The summed E-state index contributed by atoms with van der Waals surface area (Å²) in [7, 11) is 1.27. The highest BCUT2D eigenvalue weighted by Crippen LogP contribution is 2.36. The van der Waals surface area contributed by atoms with Crippen molar-refractivity contribution >= 4 is 40.0 Å². The lowest BCUT2D eigenvalue weighted by Gasteiger charge is -2.09. The van der Waals surface area contributed by atoms with Crippen LogP contribution in [0.1, 0.15) is 16.2 Å². The van der Waals surface area contributed by atoms with Gasteiger partial charge in [0.2, 0.25) is 5.91 Å². The normalized spacial score (nSPS) is 10.8. The Balaban J connectivity index is 1.52. The van der Waals surface area contributed by atoms with Crippen LogP contribution in [-0.2, 0) is 9.53 Å². The summed E-state index contributed by atoms with van der Waals surface area (Å²) >= 11 is 2.44. The van der Waals surface area contributed by atoms with Gasteiger partial charge in [-0.25, -0.2) is 9.18 Å². The largest absolute Gasteiger partial charge is 0.465 e. The molecule has 2 heterocycles. The molecule has 0 aliphatic carbocycles. The number of esters is 1. The number of amides is 1. The van der Waals surface area contributed by atoms with E-state index in [0.29, 0.717) is 27.1 Å². The zero-order valence-electron chi connectivity index (χ0n) is 17.7. The first-order chi connectivity index (χ1) is 16.0. The lowest BCUT2D eigenvalue weighted by atomic mass is 10.0. The number of nitrogens with zero attached hydrogens (tertiary/aromatic N) is 3. The van der Waals surface area contributed by atoms with Crippen LogP contribution >= 0.6 is 23.1 Å². The summed E-state index contributed by atoms with van der Waals surface area (Å²) in [6, 6.07) is 15.4. The number of aryl methyl sites for hydroxylation is 1. The van der Waals surface area contributed by atoms with Crippen LogP contribution in [0.15, 0.2) is 65.1 Å². The molecule has 0 aliphatic rings. The third-order valence-corrected chi connectivity index (χ3v) is 6.56. The third kappa shape index (κ3) is 4.96. The highest BCUT2D eigenvalue weighted by atomic mass is 32.2.